The Kier molecular flexibility index (Phi) is 8.24. The van der Waals surface area contributed by atoms with Crippen LogP contribution < -0.4 is 10.1 Å². The summed E-state index contributed by atoms with van der Waals surface area (Å²) in [5.41, 5.74) is 1.26. The van der Waals surface area contributed by atoms with E-state index in [-0.39, 0.29) is 6.10 Å². The molecule has 0 saturated carbocycles. The Morgan fingerprint density at radius 2 is 1.95 bits per heavy atom. The van der Waals surface area contributed by atoms with Gasteiger partial charge in [0.1, 0.15) is 11.9 Å². The molecule has 0 fully saturated rings. The van der Waals surface area contributed by atoms with Crippen molar-refractivity contribution >= 4 is 15.9 Å². The number of hydrogen-bond acceptors (Lipinski definition) is 2. The third-order valence-electron chi connectivity index (χ3n) is 3.31. The largest absolute Gasteiger partial charge is 0.489 e. The fourth-order valence-corrected chi connectivity index (χ4v) is 2.52. The minimum atomic E-state index is 0.190. The highest BCUT2D eigenvalue weighted by Gasteiger charge is 2.11. The molecule has 0 saturated heterocycles. The number of hydrogen-bond donors (Lipinski definition) is 1. The minimum absolute atomic E-state index is 0.190. The molecule has 1 rings (SSSR count). The van der Waals surface area contributed by atoms with Gasteiger partial charge in [-0.2, -0.15) is 0 Å². The van der Waals surface area contributed by atoms with Crippen molar-refractivity contribution in [2.45, 2.75) is 59.0 Å². The highest BCUT2D eigenvalue weighted by atomic mass is 79.9. The van der Waals surface area contributed by atoms with Crippen LogP contribution in [0.25, 0.3) is 0 Å². The van der Waals surface area contributed by atoms with Crippen LogP contribution in [-0.4, -0.2) is 19.2 Å². The monoisotopic (exact) mass is 341 g/mol. The van der Waals surface area contributed by atoms with Crippen LogP contribution in [0.3, 0.4) is 0 Å². The van der Waals surface area contributed by atoms with Gasteiger partial charge in [-0.3, -0.25) is 0 Å². The fraction of sp³-hybridized carbons (Fsp3) is 0.647. The number of benzene rings is 1. The van der Waals surface area contributed by atoms with E-state index >= 15 is 0 Å². The highest BCUT2D eigenvalue weighted by Crippen LogP contribution is 2.30. The Morgan fingerprint density at radius 3 is 2.60 bits per heavy atom. The summed E-state index contributed by atoms with van der Waals surface area (Å²) in [5.74, 6) is 1.47. The number of unbranched alkanes of at least 4 members (excludes halogenated alkanes) is 2. The fourth-order valence-electron chi connectivity index (χ4n) is 2.14. The zero-order chi connectivity index (χ0) is 15.0. The molecule has 0 amide bonds. The Labute approximate surface area is 132 Å². The average Bonchev–Trinajstić information content (AvgIpc) is 2.40. The van der Waals surface area contributed by atoms with Crippen molar-refractivity contribution in [3.63, 3.8) is 0 Å². The van der Waals surface area contributed by atoms with Crippen LogP contribution >= 0.6 is 15.9 Å². The van der Waals surface area contributed by atoms with Gasteiger partial charge >= 0.3 is 0 Å². The molecule has 1 N–H and O–H groups in total. The van der Waals surface area contributed by atoms with Crippen LogP contribution in [0.2, 0.25) is 0 Å². The summed E-state index contributed by atoms with van der Waals surface area (Å²) in [4.78, 5) is 0. The maximum atomic E-state index is 6.08. The van der Waals surface area contributed by atoms with Gasteiger partial charge in [-0.25, -0.2) is 0 Å². The van der Waals surface area contributed by atoms with Crippen LogP contribution in [0.4, 0.5) is 0 Å². The lowest BCUT2D eigenvalue weighted by Crippen LogP contribution is -2.29. The lowest BCUT2D eigenvalue weighted by molar-refractivity contribution is 0.214. The van der Waals surface area contributed by atoms with Gasteiger partial charge in [-0.1, -0.05) is 49.5 Å². The van der Waals surface area contributed by atoms with Crippen molar-refractivity contribution in [3.05, 3.63) is 28.2 Å². The van der Waals surface area contributed by atoms with E-state index in [4.69, 9.17) is 4.74 Å². The lowest BCUT2D eigenvalue weighted by Gasteiger charge is -2.20. The first kappa shape index (κ1) is 17.5. The van der Waals surface area contributed by atoms with E-state index in [2.05, 4.69) is 61.1 Å². The molecule has 0 bridgehead atoms. The van der Waals surface area contributed by atoms with Gasteiger partial charge in [0.25, 0.3) is 0 Å². The standard InChI is InChI=1S/C17H28BrNO/c1-5-6-7-10-19-12-14(4)20-17-9-8-15(18)11-16(17)13(2)3/h8-9,11,13-14,19H,5-7,10,12H2,1-4H3. The molecule has 114 valence electrons. The molecule has 0 spiro atoms. The molecule has 1 unspecified atom stereocenters. The van der Waals surface area contributed by atoms with Gasteiger partial charge < -0.3 is 10.1 Å². The van der Waals surface area contributed by atoms with Crippen molar-refractivity contribution in [2.75, 3.05) is 13.1 Å². The van der Waals surface area contributed by atoms with E-state index in [1.807, 2.05) is 6.07 Å². The maximum absolute atomic E-state index is 6.08. The SMILES string of the molecule is CCCCCNCC(C)Oc1ccc(Br)cc1C(C)C. The normalized spacial score (nSPS) is 12.7. The summed E-state index contributed by atoms with van der Waals surface area (Å²) < 4.78 is 7.20. The van der Waals surface area contributed by atoms with Gasteiger partial charge in [0.05, 0.1) is 0 Å². The predicted molar refractivity (Wildman–Crippen MR) is 90.7 cm³/mol. The Hall–Kier alpha value is -0.540. The quantitative estimate of drug-likeness (QED) is 0.629. The highest BCUT2D eigenvalue weighted by molar-refractivity contribution is 9.10. The smallest absolute Gasteiger partial charge is 0.123 e. The summed E-state index contributed by atoms with van der Waals surface area (Å²) >= 11 is 3.53. The molecule has 0 heterocycles. The summed E-state index contributed by atoms with van der Waals surface area (Å²) in [5, 5.41) is 3.47. The number of rotatable bonds is 9. The van der Waals surface area contributed by atoms with E-state index in [0.717, 1.165) is 23.3 Å². The Morgan fingerprint density at radius 1 is 1.20 bits per heavy atom. The summed E-state index contributed by atoms with van der Waals surface area (Å²) in [6.45, 7) is 10.7. The number of nitrogens with one attached hydrogen (secondary N) is 1. The molecule has 3 heteroatoms. The summed E-state index contributed by atoms with van der Waals surface area (Å²) in [6, 6.07) is 6.26. The van der Waals surface area contributed by atoms with Gasteiger partial charge in [-0.15, -0.1) is 0 Å². The molecule has 0 aliphatic carbocycles. The van der Waals surface area contributed by atoms with Crippen LogP contribution in [0.5, 0.6) is 5.75 Å². The first-order valence-corrected chi connectivity index (χ1v) is 8.50. The second-order valence-electron chi connectivity index (χ2n) is 5.68. The van der Waals surface area contributed by atoms with Crippen molar-refractivity contribution in [1.82, 2.24) is 5.32 Å². The van der Waals surface area contributed by atoms with Gasteiger partial charge in [0, 0.05) is 11.0 Å². The van der Waals surface area contributed by atoms with E-state index in [0.29, 0.717) is 5.92 Å². The predicted octanol–water partition coefficient (Wildman–Crippen LogP) is 5.12. The average molecular weight is 342 g/mol. The zero-order valence-electron chi connectivity index (χ0n) is 13.2. The topological polar surface area (TPSA) is 21.3 Å². The van der Waals surface area contributed by atoms with Gasteiger partial charge in [-0.05, 0) is 49.6 Å². The van der Waals surface area contributed by atoms with E-state index in [1.165, 1.54) is 24.8 Å². The van der Waals surface area contributed by atoms with Crippen molar-refractivity contribution in [2.24, 2.45) is 0 Å². The molecule has 1 atom stereocenters. The second-order valence-corrected chi connectivity index (χ2v) is 6.59. The molecule has 20 heavy (non-hydrogen) atoms. The van der Waals surface area contributed by atoms with Gasteiger partial charge in [0.15, 0.2) is 0 Å². The molecular formula is C17H28BrNO. The van der Waals surface area contributed by atoms with Crippen molar-refractivity contribution < 1.29 is 4.74 Å². The zero-order valence-corrected chi connectivity index (χ0v) is 14.8. The molecular weight excluding hydrogens is 314 g/mol. The Bertz CT molecular complexity index is 393. The van der Waals surface area contributed by atoms with E-state index in [9.17, 15) is 0 Å². The third-order valence-corrected chi connectivity index (χ3v) is 3.80. The molecule has 0 radical (unpaired) electrons. The van der Waals surface area contributed by atoms with Crippen molar-refractivity contribution in [1.29, 1.82) is 0 Å². The van der Waals surface area contributed by atoms with Gasteiger partial charge in [0.2, 0.25) is 0 Å². The number of halogens is 1. The first-order chi connectivity index (χ1) is 9.54. The van der Waals surface area contributed by atoms with E-state index in [1.54, 1.807) is 0 Å². The first-order valence-electron chi connectivity index (χ1n) is 7.71. The van der Waals surface area contributed by atoms with Crippen LogP contribution in [0, 0.1) is 0 Å². The molecule has 0 aromatic heterocycles. The summed E-state index contributed by atoms with van der Waals surface area (Å²) in [6.07, 6.45) is 4.01. The molecule has 1 aromatic rings. The maximum Gasteiger partial charge on any atom is 0.123 e. The lowest BCUT2D eigenvalue weighted by atomic mass is 10.0. The molecule has 2 nitrogen and oxygen atoms in total. The number of ether oxygens (including phenoxy) is 1. The molecule has 0 aliphatic heterocycles. The third kappa shape index (κ3) is 6.27. The van der Waals surface area contributed by atoms with Crippen molar-refractivity contribution in [3.8, 4) is 5.75 Å². The minimum Gasteiger partial charge on any atom is -0.489 e. The van der Waals surface area contributed by atoms with E-state index < -0.39 is 0 Å². The summed E-state index contributed by atoms with van der Waals surface area (Å²) in [7, 11) is 0. The molecule has 0 aliphatic rings. The Balaban J connectivity index is 2.47. The van der Waals surface area contributed by atoms with Crippen LogP contribution in [0.15, 0.2) is 22.7 Å². The van der Waals surface area contributed by atoms with Crippen LogP contribution in [0.1, 0.15) is 58.4 Å². The van der Waals surface area contributed by atoms with Crippen LogP contribution in [-0.2, 0) is 0 Å². The second kappa shape index (κ2) is 9.41. The molecule has 1 aromatic carbocycles.